The predicted molar refractivity (Wildman–Crippen MR) is 84.2 cm³/mol. The van der Waals surface area contributed by atoms with Crippen LogP contribution in [0.1, 0.15) is 21.8 Å². The van der Waals surface area contributed by atoms with Gasteiger partial charge in [0.15, 0.2) is 10.8 Å². The van der Waals surface area contributed by atoms with Crippen LogP contribution in [0.4, 0.5) is 5.95 Å². The van der Waals surface area contributed by atoms with Crippen LogP contribution in [0.5, 0.6) is 0 Å². The summed E-state index contributed by atoms with van der Waals surface area (Å²) in [6, 6.07) is 1.75. The Morgan fingerprint density at radius 3 is 2.87 bits per heavy atom. The van der Waals surface area contributed by atoms with Gasteiger partial charge in [0.25, 0.3) is 5.91 Å². The van der Waals surface area contributed by atoms with Crippen LogP contribution in [0, 0.1) is 6.92 Å². The van der Waals surface area contributed by atoms with Gasteiger partial charge in [0, 0.05) is 25.5 Å². The van der Waals surface area contributed by atoms with E-state index in [1.54, 1.807) is 28.0 Å². The van der Waals surface area contributed by atoms with Crippen molar-refractivity contribution in [2.45, 2.75) is 19.9 Å². The highest BCUT2D eigenvalue weighted by Gasteiger charge is 2.28. The molecule has 0 N–H and O–H groups in total. The summed E-state index contributed by atoms with van der Waals surface area (Å²) in [5.41, 5.74) is 0.680. The van der Waals surface area contributed by atoms with Gasteiger partial charge in [0.05, 0.1) is 5.69 Å². The lowest BCUT2D eigenvalue weighted by molar-refractivity contribution is 0.0983. The lowest BCUT2D eigenvalue weighted by Gasteiger charge is -2.25. The molecule has 9 heteroatoms. The Hall–Kier alpha value is -2.68. The third-order valence-electron chi connectivity index (χ3n) is 3.58. The highest BCUT2D eigenvalue weighted by molar-refractivity contribution is 7.17. The molecule has 0 atom stereocenters. The number of hydrogen-bond donors (Lipinski definition) is 0. The summed E-state index contributed by atoms with van der Waals surface area (Å²) in [7, 11) is 0. The van der Waals surface area contributed by atoms with Gasteiger partial charge in [-0.1, -0.05) is 0 Å². The largest absolute Gasteiger partial charge is 0.276 e. The Balaban J connectivity index is 1.70. The van der Waals surface area contributed by atoms with Gasteiger partial charge < -0.3 is 0 Å². The standard InChI is InChI=1S/C14H13N7OS/c1-9-10(23-12(19-9)11-15-4-2-5-16-11)13(22)20-6-3-7-21-14(20)17-8-18-21/h2,4-5,8H,3,6-7H2,1H3. The summed E-state index contributed by atoms with van der Waals surface area (Å²) in [5.74, 6) is 1.02. The summed E-state index contributed by atoms with van der Waals surface area (Å²) >= 11 is 1.31. The van der Waals surface area contributed by atoms with Crippen LogP contribution in [-0.4, -0.2) is 42.2 Å². The number of fused-ring (bicyclic) bond motifs is 1. The monoisotopic (exact) mass is 327 g/mol. The molecule has 4 rings (SSSR count). The predicted octanol–water partition coefficient (Wildman–Crippen LogP) is 1.55. The number of anilines is 1. The van der Waals surface area contributed by atoms with Crippen LogP contribution in [0.25, 0.3) is 10.8 Å². The Kier molecular flexibility index (Phi) is 3.34. The molecule has 0 spiro atoms. The number of hydrogen-bond acceptors (Lipinski definition) is 7. The van der Waals surface area contributed by atoms with Gasteiger partial charge in [-0.3, -0.25) is 9.69 Å². The van der Waals surface area contributed by atoms with Crippen LogP contribution in [0.2, 0.25) is 0 Å². The second kappa shape index (κ2) is 5.51. The van der Waals surface area contributed by atoms with E-state index in [-0.39, 0.29) is 5.91 Å². The van der Waals surface area contributed by atoms with E-state index in [9.17, 15) is 4.79 Å². The molecule has 1 aliphatic rings. The van der Waals surface area contributed by atoms with E-state index in [2.05, 4.69) is 25.0 Å². The number of aryl methyl sites for hydroxylation is 2. The molecule has 23 heavy (non-hydrogen) atoms. The van der Waals surface area contributed by atoms with E-state index < -0.39 is 0 Å². The minimum Gasteiger partial charge on any atom is -0.276 e. The molecule has 3 aromatic heterocycles. The number of nitrogens with zero attached hydrogens (tertiary/aromatic N) is 7. The van der Waals surface area contributed by atoms with Gasteiger partial charge in [-0.05, 0) is 19.4 Å². The van der Waals surface area contributed by atoms with Crippen molar-refractivity contribution >= 4 is 23.2 Å². The van der Waals surface area contributed by atoms with Crippen LogP contribution in [-0.2, 0) is 6.54 Å². The van der Waals surface area contributed by atoms with Crippen molar-refractivity contribution in [1.82, 2.24) is 29.7 Å². The SMILES string of the molecule is Cc1nc(-c2ncccn2)sc1C(=O)N1CCCn2ncnc21. The van der Waals surface area contributed by atoms with Gasteiger partial charge >= 0.3 is 0 Å². The average Bonchev–Trinajstić information content (AvgIpc) is 3.21. The second-order valence-corrected chi connectivity index (χ2v) is 6.10. The zero-order valence-corrected chi connectivity index (χ0v) is 13.2. The zero-order valence-electron chi connectivity index (χ0n) is 12.4. The van der Waals surface area contributed by atoms with E-state index in [4.69, 9.17) is 0 Å². The molecule has 0 aliphatic carbocycles. The van der Waals surface area contributed by atoms with Crippen molar-refractivity contribution in [2.75, 3.05) is 11.4 Å². The Labute approximate surface area is 135 Å². The molecule has 116 valence electrons. The zero-order chi connectivity index (χ0) is 15.8. The fourth-order valence-electron chi connectivity index (χ4n) is 2.52. The molecule has 0 saturated carbocycles. The smallest absolute Gasteiger partial charge is 0.272 e. The van der Waals surface area contributed by atoms with Gasteiger partial charge in [-0.15, -0.1) is 11.3 Å². The summed E-state index contributed by atoms with van der Waals surface area (Å²) < 4.78 is 1.75. The van der Waals surface area contributed by atoms with Crippen molar-refractivity contribution < 1.29 is 4.79 Å². The van der Waals surface area contributed by atoms with Gasteiger partial charge in [0.2, 0.25) is 5.95 Å². The topological polar surface area (TPSA) is 89.7 Å². The lowest BCUT2D eigenvalue weighted by Crippen LogP contribution is -2.38. The molecule has 1 amide bonds. The number of carbonyl (C=O) groups is 1. The molecule has 0 fully saturated rings. The highest BCUT2D eigenvalue weighted by atomic mass is 32.1. The second-order valence-electron chi connectivity index (χ2n) is 5.10. The first kappa shape index (κ1) is 13.9. The first-order chi connectivity index (χ1) is 11.2. The first-order valence-electron chi connectivity index (χ1n) is 7.18. The minimum atomic E-state index is -0.101. The molecule has 0 saturated heterocycles. The van der Waals surface area contributed by atoms with Crippen molar-refractivity contribution in [1.29, 1.82) is 0 Å². The molecule has 0 aromatic carbocycles. The van der Waals surface area contributed by atoms with Crippen LogP contribution in [0.15, 0.2) is 24.8 Å². The summed E-state index contributed by atoms with van der Waals surface area (Å²) in [4.78, 5) is 32.2. The van der Waals surface area contributed by atoms with E-state index in [1.807, 2.05) is 6.92 Å². The third kappa shape index (κ3) is 2.38. The number of amides is 1. The number of aromatic nitrogens is 6. The van der Waals surface area contributed by atoms with E-state index in [0.717, 1.165) is 13.0 Å². The van der Waals surface area contributed by atoms with Gasteiger partial charge in [-0.2, -0.15) is 10.1 Å². The first-order valence-corrected chi connectivity index (χ1v) is 8.00. The summed E-state index contributed by atoms with van der Waals surface area (Å²) in [6.07, 6.45) is 5.65. The van der Waals surface area contributed by atoms with E-state index in [0.29, 0.717) is 33.9 Å². The number of rotatable bonds is 2. The normalized spacial score (nSPS) is 13.9. The molecule has 8 nitrogen and oxygen atoms in total. The Morgan fingerprint density at radius 1 is 1.22 bits per heavy atom. The van der Waals surface area contributed by atoms with Crippen LogP contribution >= 0.6 is 11.3 Å². The molecular weight excluding hydrogens is 314 g/mol. The minimum absolute atomic E-state index is 0.101. The van der Waals surface area contributed by atoms with Gasteiger partial charge in [-0.25, -0.2) is 19.6 Å². The van der Waals surface area contributed by atoms with Crippen LogP contribution in [0.3, 0.4) is 0 Å². The molecule has 4 heterocycles. The molecule has 3 aromatic rings. The quantitative estimate of drug-likeness (QED) is 0.709. The van der Waals surface area contributed by atoms with Gasteiger partial charge in [0.1, 0.15) is 11.2 Å². The maximum absolute atomic E-state index is 12.9. The van der Waals surface area contributed by atoms with Crippen molar-refractivity contribution in [3.8, 4) is 10.8 Å². The number of thiazole rings is 1. The summed E-state index contributed by atoms with van der Waals surface area (Å²) in [6.45, 7) is 3.24. The third-order valence-corrected chi connectivity index (χ3v) is 4.72. The lowest BCUT2D eigenvalue weighted by atomic mass is 10.3. The number of carbonyl (C=O) groups excluding carboxylic acids is 1. The maximum atomic E-state index is 12.9. The fourth-order valence-corrected chi connectivity index (χ4v) is 3.48. The maximum Gasteiger partial charge on any atom is 0.272 e. The molecule has 0 radical (unpaired) electrons. The van der Waals surface area contributed by atoms with Crippen molar-refractivity contribution in [3.05, 3.63) is 35.4 Å². The Bertz CT molecular complexity index is 857. The average molecular weight is 327 g/mol. The summed E-state index contributed by atoms with van der Waals surface area (Å²) in [5, 5.41) is 4.78. The van der Waals surface area contributed by atoms with Crippen LogP contribution < -0.4 is 4.90 Å². The molecule has 1 aliphatic heterocycles. The van der Waals surface area contributed by atoms with E-state index >= 15 is 0 Å². The molecule has 0 bridgehead atoms. The highest BCUT2D eigenvalue weighted by Crippen LogP contribution is 2.28. The molecule has 0 unspecified atom stereocenters. The molecular formula is C14H13N7OS. The van der Waals surface area contributed by atoms with Crippen molar-refractivity contribution in [2.24, 2.45) is 0 Å². The Morgan fingerprint density at radius 2 is 2.04 bits per heavy atom. The fraction of sp³-hybridized carbons (Fsp3) is 0.286. The van der Waals surface area contributed by atoms with Crippen molar-refractivity contribution in [3.63, 3.8) is 0 Å². The van der Waals surface area contributed by atoms with E-state index in [1.165, 1.54) is 17.7 Å².